The van der Waals surface area contributed by atoms with E-state index in [2.05, 4.69) is 15.6 Å². The summed E-state index contributed by atoms with van der Waals surface area (Å²) in [7, 11) is 0. The van der Waals surface area contributed by atoms with Gasteiger partial charge in [0, 0.05) is 48.0 Å². The van der Waals surface area contributed by atoms with Crippen molar-refractivity contribution in [2.45, 2.75) is 69.2 Å². The van der Waals surface area contributed by atoms with Gasteiger partial charge in [0.25, 0.3) is 11.8 Å². The van der Waals surface area contributed by atoms with Crippen molar-refractivity contribution in [1.29, 1.82) is 0 Å². The number of rotatable bonds is 11. The minimum absolute atomic E-state index is 0.0158. The molecule has 14 nitrogen and oxygen atoms in total. The number of amides is 2. The third-order valence-electron chi connectivity index (χ3n) is 8.18. The van der Waals surface area contributed by atoms with Gasteiger partial charge < -0.3 is 45.6 Å². The summed E-state index contributed by atoms with van der Waals surface area (Å²) in [4.78, 5) is 28.2. The smallest absolute Gasteiger partial charge is 0.264 e. The zero-order valence-corrected chi connectivity index (χ0v) is 25.6. The Balaban J connectivity index is 1.30. The lowest BCUT2D eigenvalue weighted by Crippen LogP contribution is -2.60. The monoisotopic (exact) mass is 657 g/mol. The minimum Gasteiger partial charge on any atom is -0.396 e. The number of nitrogens with zero attached hydrogens (tertiary/aromatic N) is 4. The van der Waals surface area contributed by atoms with Crippen LogP contribution in [-0.2, 0) is 39.4 Å². The third kappa shape index (κ3) is 6.70. The number of carbonyl (C=O) groups excluding carboxylic acids is 2. The number of hydrogen-bond acceptors (Lipinski definition) is 11. The number of fused-ring (bicyclic) bond motifs is 1. The molecule has 15 heteroatoms. The maximum absolute atomic E-state index is 13.9. The van der Waals surface area contributed by atoms with Crippen LogP contribution < -0.4 is 10.2 Å². The van der Waals surface area contributed by atoms with Gasteiger partial charge in [-0.3, -0.25) is 14.3 Å². The van der Waals surface area contributed by atoms with Crippen LogP contribution in [0.15, 0.2) is 60.8 Å². The largest absolute Gasteiger partial charge is 0.396 e. The molecule has 7 N–H and O–H groups in total. The van der Waals surface area contributed by atoms with E-state index in [1.54, 1.807) is 66.3 Å². The Morgan fingerprint density at radius 3 is 2.70 bits per heavy atom. The number of carbonyl (C=O) groups is 2. The molecule has 46 heavy (non-hydrogen) atoms. The Labute approximate surface area is 269 Å². The van der Waals surface area contributed by atoms with Gasteiger partial charge in [0.05, 0.1) is 17.9 Å². The van der Waals surface area contributed by atoms with Gasteiger partial charge >= 0.3 is 0 Å². The second-order valence-corrected chi connectivity index (χ2v) is 11.8. The molecule has 7 atom stereocenters. The van der Waals surface area contributed by atoms with Gasteiger partial charge in [-0.2, -0.15) is 0 Å². The summed E-state index contributed by atoms with van der Waals surface area (Å²) in [6.07, 6.45) is -2.53. The first-order chi connectivity index (χ1) is 21.9. The molecule has 0 radical (unpaired) electrons. The number of aliphatic hydroxyl groups is 6. The van der Waals surface area contributed by atoms with E-state index in [0.29, 0.717) is 46.9 Å². The highest BCUT2D eigenvalue weighted by atomic mass is 35.5. The lowest BCUT2D eigenvalue weighted by atomic mass is 9.83. The molecule has 2 aromatic carbocycles. The quantitative estimate of drug-likeness (QED) is 0.139. The fraction of sp³-hybridized carbons (Fsp3) is 0.419. The van der Waals surface area contributed by atoms with E-state index >= 15 is 0 Å². The van der Waals surface area contributed by atoms with Gasteiger partial charge in [0.1, 0.15) is 18.3 Å². The summed E-state index contributed by atoms with van der Waals surface area (Å²) in [6.45, 7) is 2.27. The maximum atomic E-state index is 13.9. The Bertz CT molecular complexity index is 1600. The van der Waals surface area contributed by atoms with Crippen LogP contribution in [-0.4, -0.2) is 94.8 Å². The maximum Gasteiger partial charge on any atom is 0.264 e. The molecule has 2 amide bonds. The fourth-order valence-electron chi connectivity index (χ4n) is 5.62. The highest BCUT2D eigenvalue weighted by Crippen LogP contribution is 2.46. The fourth-order valence-corrected chi connectivity index (χ4v) is 5.79. The van der Waals surface area contributed by atoms with E-state index in [4.69, 9.17) is 21.4 Å². The standard InChI is InChI=1S/C31H36ClN5O9/c1-17(5-2-3-11-36-16-21(10-12-38)34-35-36)31(45)22-14-19(32)8-9-23(22)37(30(31)44)15-18-6-4-7-20(13-18)33-28(42)27-25(40)24(39)26(41)29(43)46-27/h2,4-9,13-14,16-17,24-27,29,38-41,43,45H,3,10-12,15H2,1H3,(H,33,42)/b5-2+/t17-,24+,25+,26-,27+,29-,31+/m1/s1. The highest BCUT2D eigenvalue weighted by Gasteiger charge is 2.52. The Kier molecular flexibility index (Phi) is 10.2. The summed E-state index contributed by atoms with van der Waals surface area (Å²) in [5.74, 6) is -2.06. The van der Waals surface area contributed by atoms with Gasteiger partial charge in [-0.05, 0) is 42.3 Å². The van der Waals surface area contributed by atoms with Crippen LogP contribution in [0.3, 0.4) is 0 Å². The molecule has 3 aromatic rings. The van der Waals surface area contributed by atoms with E-state index in [0.717, 1.165) is 0 Å². The molecule has 0 bridgehead atoms. The number of aromatic nitrogens is 3. The molecule has 0 unspecified atom stereocenters. The Morgan fingerprint density at radius 2 is 1.93 bits per heavy atom. The molecule has 1 fully saturated rings. The van der Waals surface area contributed by atoms with E-state index < -0.39 is 54.0 Å². The number of anilines is 2. The van der Waals surface area contributed by atoms with Gasteiger partial charge in [-0.15, -0.1) is 5.10 Å². The van der Waals surface area contributed by atoms with E-state index in [1.165, 1.54) is 4.90 Å². The summed E-state index contributed by atoms with van der Waals surface area (Å²) in [6, 6.07) is 11.4. The van der Waals surface area contributed by atoms with Crippen LogP contribution >= 0.6 is 11.6 Å². The molecular weight excluding hydrogens is 622 g/mol. The van der Waals surface area contributed by atoms with Crippen molar-refractivity contribution in [2.24, 2.45) is 5.92 Å². The van der Waals surface area contributed by atoms with Crippen LogP contribution in [0.4, 0.5) is 11.4 Å². The molecule has 1 aromatic heterocycles. The summed E-state index contributed by atoms with van der Waals surface area (Å²) in [5.41, 5.74) is 0.479. The zero-order chi connectivity index (χ0) is 33.2. The molecule has 1 saturated heterocycles. The van der Waals surface area contributed by atoms with E-state index in [-0.39, 0.29) is 18.8 Å². The first-order valence-corrected chi connectivity index (χ1v) is 15.1. The van der Waals surface area contributed by atoms with Crippen molar-refractivity contribution in [3.05, 3.63) is 82.7 Å². The van der Waals surface area contributed by atoms with Crippen molar-refractivity contribution in [2.75, 3.05) is 16.8 Å². The molecule has 5 rings (SSSR count). The van der Waals surface area contributed by atoms with Crippen molar-refractivity contribution >= 4 is 34.8 Å². The number of nitrogens with one attached hydrogen (secondary N) is 1. The molecule has 2 aliphatic heterocycles. The number of ether oxygens (including phenoxy) is 1. The van der Waals surface area contributed by atoms with Crippen LogP contribution in [0, 0.1) is 5.92 Å². The molecular formula is C31H36ClN5O9. The molecule has 0 aliphatic carbocycles. The summed E-state index contributed by atoms with van der Waals surface area (Å²) >= 11 is 6.30. The predicted octanol–water partition coefficient (Wildman–Crippen LogP) is 0.222. The van der Waals surface area contributed by atoms with Crippen molar-refractivity contribution < 1.29 is 45.0 Å². The molecule has 3 heterocycles. The average Bonchev–Trinajstić information content (AvgIpc) is 3.56. The SMILES string of the molecule is C[C@H](/C=C/CCn1cc(CCO)nn1)[C@@]1(O)C(=O)N(Cc2cccc(NC(=O)[C@H]3O[C@@H](O)[C@H](O)[C@@H](O)[C@@H]3O)c2)c2ccc(Cl)cc21. The normalized spacial score (nSPS) is 26.8. The molecule has 0 spiro atoms. The second-order valence-electron chi connectivity index (χ2n) is 11.4. The number of benzene rings is 2. The second kappa shape index (κ2) is 13.9. The van der Waals surface area contributed by atoms with Crippen LogP contribution in [0.1, 0.15) is 30.2 Å². The molecule has 0 saturated carbocycles. The van der Waals surface area contributed by atoms with Crippen molar-refractivity contribution in [3.63, 3.8) is 0 Å². The average molecular weight is 658 g/mol. The Morgan fingerprint density at radius 1 is 1.15 bits per heavy atom. The van der Waals surface area contributed by atoms with E-state index in [1.807, 2.05) is 6.08 Å². The summed E-state index contributed by atoms with van der Waals surface area (Å²) < 4.78 is 6.66. The topological polar surface area (TPSA) is 211 Å². The number of hydrogen-bond donors (Lipinski definition) is 7. The third-order valence-corrected chi connectivity index (χ3v) is 8.41. The summed E-state index contributed by atoms with van der Waals surface area (Å²) in [5, 5.41) is 71.5. The van der Waals surface area contributed by atoms with E-state index in [9.17, 15) is 35.1 Å². The number of halogens is 1. The number of allylic oxidation sites excluding steroid dienone is 1. The highest BCUT2D eigenvalue weighted by molar-refractivity contribution is 6.31. The Hall–Kier alpha value is -3.73. The van der Waals surface area contributed by atoms with Gasteiger partial charge in [0.2, 0.25) is 0 Å². The van der Waals surface area contributed by atoms with Crippen molar-refractivity contribution in [3.8, 4) is 0 Å². The predicted molar refractivity (Wildman–Crippen MR) is 164 cm³/mol. The number of aryl methyl sites for hydroxylation is 1. The lowest BCUT2D eigenvalue weighted by Gasteiger charge is -2.37. The number of aliphatic hydroxyl groups excluding tert-OH is 5. The van der Waals surface area contributed by atoms with Crippen molar-refractivity contribution in [1.82, 2.24) is 15.0 Å². The van der Waals surface area contributed by atoms with Gasteiger partial charge in [0.15, 0.2) is 18.0 Å². The van der Waals surface area contributed by atoms with Crippen LogP contribution in [0.2, 0.25) is 5.02 Å². The molecule has 246 valence electrons. The minimum atomic E-state index is -1.91. The zero-order valence-electron chi connectivity index (χ0n) is 24.8. The lowest BCUT2D eigenvalue weighted by molar-refractivity contribution is -0.274. The first-order valence-electron chi connectivity index (χ1n) is 14.7. The van der Waals surface area contributed by atoms with Crippen LogP contribution in [0.5, 0.6) is 0 Å². The molecule has 2 aliphatic rings. The van der Waals surface area contributed by atoms with Gasteiger partial charge in [-0.25, -0.2) is 0 Å². The first kappa shape index (κ1) is 33.6. The van der Waals surface area contributed by atoms with Gasteiger partial charge in [-0.1, -0.05) is 48.0 Å². The van der Waals surface area contributed by atoms with Crippen LogP contribution in [0.25, 0.3) is 0 Å².